The van der Waals surface area contributed by atoms with Crippen molar-refractivity contribution in [3.63, 3.8) is 0 Å². The monoisotopic (exact) mass is 746 g/mol. The zero-order valence-corrected chi connectivity index (χ0v) is 30.5. The average molecular weight is 747 g/mol. The number of fused-ring (bicyclic) bond motifs is 1. The van der Waals surface area contributed by atoms with E-state index in [4.69, 9.17) is 17.2 Å². The number of hydrogen-bond donors (Lipinski definition) is 6. The number of amides is 5. The van der Waals surface area contributed by atoms with Crippen molar-refractivity contribution in [2.45, 2.75) is 50.0 Å². The lowest BCUT2D eigenvalue weighted by Gasteiger charge is -2.44. The number of rotatable bonds is 9. The summed E-state index contributed by atoms with van der Waals surface area (Å²) >= 11 is 0. The quantitative estimate of drug-likeness (QED) is 0.138. The lowest BCUT2D eigenvalue weighted by Crippen LogP contribution is -2.54. The van der Waals surface area contributed by atoms with Crippen molar-refractivity contribution in [1.82, 2.24) is 20.4 Å². The fraction of sp³-hybridized carbons (Fsp3) is 0.341. The van der Waals surface area contributed by atoms with Gasteiger partial charge in [0, 0.05) is 61.7 Å². The molecule has 0 aliphatic carbocycles. The predicted octanol–water partition coefficient (Wildman–Crippen LogP) is 2.25. The molecule has 4 heterocycles. The van der Waals surface area contributed by atoms with Crippen LogP contribution in [-0.4, -0.2) is 83.2 Å². The third-order valence-electron chi connectivity index (χ3n) is 11.5. The number of imide groups is 2. The molecule has 3 aromatic carbocycles. The van der Waals surface area contributed by atoms with E-state index in [-0.39, 0.29) is 52.8 Å². The third-order valence-corrected chi connectivity index (χ3v) is 11.5. The molecule has 0 bridgehead atoms. The van der Waals surface area contributed by atoms with Gasteiger partial charge in [-0.1, -0.05) is 48.5 Å². The molecule has 7 rings (SSSR count). The van der Waals surface area contributed by atoms with Crippen molar-refractivity contribution in [3.8, 4) is 5.75 Å². The first kappa shape index (κ1) is 37.0. The SMILES string of the molecule is NC(N)=C(/C=C(\N)c1ccccc1O)N1CCC(CNC(=O)C2CCN(c3cccc4c3C(=O)N(C3CCC(=O)NC3=O)C4=O)CC2)(c2ccccc2)CC1. The van der Waals surface area contributed by atoms with Gasteiger partial charge in [0.1, 0.15) is 17.6 Å². The fourth-order valence-corrected chi connectivity index (χ4v) is 8.38. The van der Waals surface area contributed by atoms with Gasteiger partial charge >= 0.3 is 0 Å². The zero-order chi connectivity index (χ0) is 38.9. The summed E-state index contributed by atoms with van der Waals surface area (Å²) in [6.07, 6.45) is 4.35. The summed E-state index contributed by atoms with van der Waals surface area (Å²) in [5.74, 6) is -2.26. The Morgan fingerprint density at radius 3 is 2.22 bits per heavy atom. The Hall–Kier alpha value is -6.31. The summed E-state index contributed by atoms with van der Waals surface area (Å²) in [6, 6.07) is 21.0. The molecule has 0 radical (unpaired) electrons. The maximum Gasteiger partial charge on any atom is 0.264 e. The number of hydrogen-bond acceptors (Lipinski definition) is 11. The first-order chi connectivity index (χ1) is 26.5. The topological polar surface area (TPSA) is 217 Å². The number of benzene rings is 3. The maximum atomic E-state index is 13.8. The molecule has 5 amide bonds. The van der Waals surface area contributed by atoms with Gasteiger partial charge in [-0.25, -0.2) is 0 Å². The molecule has 0 spiro atoms. The lowest BCUT2D eigenvalue weighted by atomic mass is 9.72. The number of nitrogens with two attached hydrogens (primary N) is 3. The highest BCUT2D eigenvalue weighted by molar-refractivity contribution is 6.25. The zero-order valence-electron chi connectivity index (χ0n) is 30.5. The number of phenols is 1. The highest BCUT2D eigenvalue weighted by Crippen LogP contribution is 2.38. The number of phenolic OH excluding ortho intramolecular Hbond substituents is 1. The summed E-state index contributed by atoms with van der Waals surface area (Å²) < 4.78 is 0. The summed E-state index contributed by atoms with van der Waals surface area (Å²) in [5, 5.41) is 15.8. The second kappa shape index (κ2) is 15.2. The van der Waals surface area contributed by atoms with Gasteiger partial charge in [0.25, 0.3) is 11.8 Å². The van der Waals surface area contributed by atoms with Crippen LogP contribution in [0.5, 0.6) is 5.75 Å². The van der Waals surface area contributed by atoms with Crippen LogP contribution in [0.25, 0.3) is 5.70 Å². The molecule has 1 unspecified atom stereocenters. The number of likely N-dealkylation sites (tertiary alicyclic amines) is 1. The van der Waals surface area contributed by atoms with E-state index in [1.807, 2.05) is 23.1 Å². The van der Waals surface area contributed by atoms with Crippen molar-refractivity contribution < 1.29 is 29.1 Å². The van der Waals surface area contributed by atoms with Crippen LogP contribution in [0.2, 0.25) is 0 Å². The van der Waals surface area contributed by atoms with Crippen molar-refractivity contribution in [2.75, 3.05) is 37.6 Å². The van der Waals surface area contributed by atoms with Crippen LogP contribution in [0.3, 0.4) is 0 Å². The Kier molecular flexibility index (Phi) is 10.2. The van der Waals surface area contributed by atoms with Crippen LogP contribution in [-0.2, 0) is 19.8 Å². The van der Waals surface area contributed by atoms with Crippen LogP contribution in [0, 0.1) is 5.92 Å². The number of piperidine rings is 3. The van der Waals surface area contributed by atoms with Gasteiger partial charge in [-0.05, 0) is 68.0 Å². The van der Waals surface area contributed by atoms with Crippen LogP contribution >= 0.6 is 0 Å². The van der Waals surface area contributed by atoms with E-state index in [0.29, 0.717) is 81.1 Å². The number of allylic oxidation sites excluding steroid dienone is 1. The molecular formula is C41H46N8O6. The van der Waals surface area contributed by atoms with Gasteiger partial charge < -0.3 is 37.4 Å². The molecule has 3 aromatic rings. The molecule has 3 saturated heterocycles. The Morgan fingerprint density at radius 2 is 1.55 bits per heavy atom. The van der Waals surface area contributed by atoms with E-state index in [2.05, 4.69) is 27.7 Å². The van der Waals surface area contributed by atoms with Crippen LogP contribution in [0.15, 0.2) is 90.4 Å². The summed E-state index contributed by atoms with van der Waals surface area (Å²) in [5.41, 5.74) is 22.0. The van der Waals surface area contributed by atoms with E-state index >= 15 is 0 Å². The maximum absolute atomic E-state index is 13.8. The number of nitrogens with zero attached hydrogens (tertiary/aromatic N) is 3. The van der Waals surface area contributed by atoms with E-state index in [1.165, 1.54) is 0 Å². The molecule has 55 heavy (non-hydrogen) atoms. The van der Waals surface area contributed by atoms with Crippen molar-refractivity contribution in [2.24, 2.45) is 23.1 Å². The van der Waals surface area contributed by atoms with Gasteiger partial charge in [0.15, 0.2) is 0 Å². The Labute approximate surface area is 319 Å². The molecule has 14 heteroatoms. The minimum absolute atomic E-state index is 0.0314. The van der Waals surface area contributed by atoms with E-state index < -0.39 is 29.7 Å². The molecule has 1 atom stereocenters. The number of carbonyl (C=O) groups excluding carboxylic acids is 5. The molecule has 3 fully saturated rings. The molecule has 0 saturated carbocycles. The average Bonchev–Trinajstić information content (AvgIpc) is 3.45. The van der Waals surface area contributed by atoms with Gasteiger partial charge in [-0.2, -0.15) is 0 Å². The number of anilines is 1. The summed E-state index contributed by atoms with van der Waals surface area (Å²) in [7, 11) is 0. The second-order valence-corrected chi connectivity index (χ2v) is 14.7. The van der Waals surface area contributed by atoms with E-state index in [9.17, 15) is 29.1 Å². The number of nitrogens with one attached hydrogen (secondary N) is 2. The standard InChI is InChI=1S/C41H46N8O6/c42-29(27-9-4-5-12-33(27)50)23-32(36(43)44)48-21-17-41(18-22-48,26-7-2-1-3-8-26)24-45-37(52)25-15-19-47(20-16-25)30-11-6-10-28-35(30)40(55)49(39(28)54)31-13-14-34(51)46-38(31)53/h1-12,23,25,31,50H,13-22,24,42-44H2,(H,45,52)(H,46,51,53)/b29-23-. The van der Waals surface area contributed by atoms with Crippen molar-refractivity contribution >= 4 is 40.9 Å². The van der Waals surface area contributed by atoms with E-state index in [1.54, 1.807) is 48.5 Å². The first-order valence-electron chi connectivity index (χ1n) is 18.7. The number of para-hydroxylation sites is 1. The minimum atomic E-state index is -1.04. The Morgan fingerprint density at radius 1 is 0.855 bits per heavy atom. The normalized spacial score (nSPS) is 20.3. The summed E-state index contributed by atoms with van der Waals surface area (Å²) in [4.78, 5) is 70.2. The van der Waals surface area contributed by atoms with Crippen molar-refractivity contribution in [3.05, 3.63) is 113 Å². The van der Waals surface area contributed by atoms with Crippen LogP contribution in [0.4, 0.5) is 5.69 Å². The number of carbonyl (C=O) groups is 5. The number of aromatic hydroxyl groups is 1. The Bertz CT molecular complexity index is 2080. The van der Waals surface area contributed by atoms with Crippen LogP contribution in [0.1, 0.15) is 70.4 Å². The van der Waals surface area contributed by atoms with Gasteiger partial charge in [0.05, 0.1) is 22.5 Å². The molecule has 0 aromatic heterocycles. The fourth-order valence-electron chi connectivity index (χ4n) is 8.38. The second-order valence-electron chi connectivity index (χ2n) is 14.7. The lowest BCUT2D eigenvalue weighted by molar-refractivity contribution is -0.136. The molecular weight excluding hydrogens is 701 g/mol. The van der Waals surface area contributed by atoms with Gasteiger partial charge in [-0.3, -0.25) is 34.2 Å². The highest BCUT2D eigenvalue weighted by Gasteiger charge is 2.46. The molecule has 286 valence electrons. The van der Waals surface area contributed by atoms with Crippen LogP contribution < -0.4 is 32.7 Å². The third kappa shape index (κ3) is 7.19. The largest absolute Gasteiger partial charge is 0.507 e. The van der Waals surface area contributed by atoms with E-state index in [0.717, 1.165) is 10.5 Å². The minimum Gasteiger partial charge on any atom is -0.507 e. The molecule has 4 aliphatic heterocycles. The highest BCUT2D eigenvalue weighted by atomic mass is 16.3. The first-order valence-corrected chi connectivity index (χ1v) is 18.7. The Balaban J connectivity index is 1.00. The molecule has 14 nitrogen and oxygen atoms in total. The summed E-state index contributed by atoms with van der Waals surface area (Å²) in [6.45, 7) is 2.64. The van der Waals surface area contributed by atoms with Gasteiger partial charge in [0.2, 0.25) is 17.7 Å². The molecule has 4 aliphatic rings. The smallest absolute Gasteiger partial charge is 0.264 e. The predicted molar refractivity (Wildman–Crippen MR) is 206 cm³/mol. The molecule has 9 N–H and O–H groups in total. The van der Waals surface area contributed by atoms with Crippen molar-refractivity contribution in [1.29, 1.82) is 0 Å². The van der Waals surface area contributed by atoms with Gasteiger partial charge in [-0.15, -0.1) is 0 Å².